The first-order chi connectivity index (χ1) is 5.87. The predicted molar refractivity (Wildman–Crippen MR) is 51.6 cm³/mol. The normalized spacial score (nSPS) is 28.8. The summed E-state index contributed by atoms with van der Waals surface area (Å²) < 4.78 is 5.37. The van der Waals surface area contributed by atoms with Crippen LogP contribution in [0.15, 0.2) is 0 Å². The molecule has 13 heavy (non-hydrogen) atoms. The van der Waals surface area contributed by atoms with Crippen LogP contribution < -0.4 is 0 Å². The van der Waals surface area contributed by atoms with Gasteiger partial charge < -0.3 is 9.64 Å². The third-order valence-electron chi connectivity index (χ3n) is 2.88. The Morgan fingerprint density at radius 1 is 1.38 bits per heavy atom. The second-order valence-corrected chi connectivity index (χ2v) is 4.56. The standard InChI is InChI=1S/C10H19NO2/c1-7(2)10(5)6-11(8(3)4)9(12)13-10/h7-8H,6H2,1-5H3. The Balaban J connectivity index is 2.75. The summed E-state index contributed by atoms with van der Waals surface area (Å²) in [5, 5.41) is 0. The summed E-state index contributed by atoms with van der Waals surface area (Å²) >= 11 is 0. The van der Waals surface area contributed by atoms with Crippen molar-refractivity contribution in [2.45, 2.75) is 46.3 Å². The highest BCUT2D eigenvalue weighted by molar-refractivity contribution is 5.71. The van der Waals surface area contributed by atoms with Gasteiger partial charge in [0, 0.05) is 6.04 Å². The Morgan fingerprint density at radius 3 is 2.15 bits per heavy atom. The molecule has 1 aliphatic heterocycles. The van der Waals surface area contributed by atoms with E-state index < -0.39 is 0 Å². The van der Waals surface area contributed by atoms with Crippen molar-refractivity contribution in [1.82, 2.24) is 4.90 Å². The Kier molecular flexibility index (Phi) is 2.55. The number of amides is 1. The summed E-state index contributed by atoms with van der Waals surface area (Å²) in [5.74, 6) is 0.361. The minimum atomic E-state index is -0.304. The number of cyclic esters (lactones) is 1. The summed E-state index contributed by atoms with van der Waals surface area (Å²) in [4.78, 5) is 13.2. The molecular weight excluding hydrogens is 166 g/mol. The maximum Gasteiger partial charge on any atom is 0.410 e. The molecule has 1 rings (SSSR count). The van der Waals surface area contributed by atoms with E-state index in [1.807, 2.05) is 20.8 Å². The van der Waals surface area contributed by atoms with Gasteiger partial charge in [-0.2, -0.15) is 0 Å². The summed E-state index contributed by atoms with van der Waals surface area (Å²) in [6, 6.07) is 0.230. The van der Waals surface area contributed by atoms with Crippen molar-refractivity contribution >= 4 is 6.09 Å². The Hall–Kier alpha value is -0.730. The number of hydrogen-bond donors (Lipinski definition) is 0. The molecule has 1 aliphatic rings. The van der Waals surface area contributed by atoms with Crippen LogP contribution in [-0.2, 0) is 4.74 Å². The molecule has 3 heteroatoms. The van der Waals surface area contributed by atoms with Crippen LogP contribution in [0.3, 0.4) is 0 Å². The Labute approximate surface area is 80.1 Å². The minimum absolute atomic E-state index is 0.175. The van der Waals surface area contributed by atoms with Gasteiger partial charge in [-0.25, -0.2) is 4.79 Å². The van der Waals surface area contributed by atoms with Crippen molar-refractivity contribution in [3.8, 4) is 0 Å². The average molecular weight is 185 g/mol. The highest BCUT2D eigenvalue weighted by Crippen LogP contribution is 2.30. The van der Waals surface area contributed by atoms with Gasteiger partial charge in [0.15, 0.2) is 0 Å². The van der Waals surface area contributed by atoms with E-state index in [9.17, 15) is 4.79 Å². The average Bonchev–Trinajstić information content (AvgIpc) is 2.28. The molecule has 0 aromatic heterocycles. The van der Waals surface area contributed by atoms with Gasteiger partial charge in [-0.05, 0) is 26.7 Å². The highest BCUT2D eigenvalue weighted by Gasteiger charge is 2.44. The third kappa shape index (κ3) is 1.79. The zero-order valence-corrected chi connectivity index (χ0v) is 9.13. The van der Waals surface area contributed by atoms with E-state index in [1.54, 1.807) is 4.90 Å². The topological polar surface area (TPSA) is 29.5 Å². The molecule has 0 radical (unpaired) electrons. The van der Waals surface area contributed by atoms with E-state index >= 15 is 0 Å². The molecule has 1 atom stereocenters. The molecule has 0 N–H and O–H groups in total. The molecule has 3 nitrogen and oxygen atoms in total. The molecule has 0 aliphatic carbocycles. The maximum atomic E-state index is 11.4. The molecule has 76 valence electrons. The molecule has 1 amide bonds. The smallest absolute Gasteiger partial charge is 0.410 e. The molecule has 1 saturated heterocycles. The molecule has 0 aromatic rings. The number of ether oxygens (including phenoxy) is 1. The van der Waals surface area contributed by atoms with E-state index in [0.717, 1.165) is 0 Å². The molecule has 1 fully saturated rings. The molecule has 0 aromatic carbocycles. The monoisotopic (exact) mass is 185 g/mol. The third-order valence-corrected chi connectivity index (χ3v) is 2.88. The molecule has 1 unspecified atom stereocenters. The number of rotatable bonds is 2. The SMILES string of the molecule is CC(C)N1CC(C)(C(C)C)OC1=O. The first-order valence-corrected chi connectivity index (χ1v) is 4.86. The zero-order valence-electron chi connectivity index (χ0n) is 9.13. The first-order valence-electron chi connectivity index (χ1n) is 4.86. The largest absolute Gasteiger partial charge is 0.441 e. The van der Waals surface area contributed by atoms with Gasteiger partial charge in [-0.1, -0.05) is 13.8 Å². The molecular formula is C10H19NO2. The molecule has 0 bridgehead atoms. The van der Waals surface area contributed by atoms with Crippen LogP contribution in [0.2, 0.25) is 0 Å². The van der Waals surface area contributed by atoms with E-state index in [4.69, 9.17) is 4.74 Å². The lowest BCUT2D eigenvalue weighted by Gasteiger charge is -2.26. The van der Waals surface area contributed by atoms with E-state index in [0.29, 0.717) is 12.5 Å². The fourth-order valence-corrected chi connectivity index (χ4v) is 1.39. The van der Waals surface area contributed by atoms with Gasteiger partial charge in [-0.15, -0.1) is 0 Å². The highest BCUT2D eigenvalue weighted by atomic mass is 16.6. The lowest BCUT2D eigenvalue weighted by molar-refractivity contribution is 0.0346. The summed E-state index contributed by atoms with van der Waals surface area (Å²) in [6.07, 6.45) is -0.175. The lowest BCUT2D eigenvalue weighted by Crippen LogP contribution is -2.38. The van der Waals surface area contributed by atoms with Crippen molar-refractivity contribution in [2.75, 3.05) is 6.54 Å². The number of carbonyl (C=O) groups is 1. The van der Waals surface area contributed by atoms with Crippen LogP contribution >= 0.6 is 0 Å². The second kappa shape index (κ2) is 3.20. The predicted octanol–water partition coefficient (Wildman–Crippen LogP) is 2.26. The molecule has 0 spiro atoms. The maximum absolute atomic E-state index is 11.4. The van der Waals surface area contributed by atoms with Crippen molar-refractivity contribution in [3.05, 3.63) is 0 Å². The van der Waals surface area contributed by atoms with E-state index in [1.165, 1.54) is 0 Å². The van der Waals surface area contributed by atoms with Crippen LogP contribution in [0.1, 0.15) is 34.6 Å². The Bertz CT molecular complexity index is 213. The van der Waals surface area contributed by atoms with E-state index in [-0.39, 0.29) is 17.7 Å². The van der Waals surface area contributed by atoms with Crippen molar-refractivity contribution in [1.29, 1.82) is 0 Å². The minimum Gasteiger partial charge on any atom is -0.441 e. The molecule has 1 heterocycles. The van der Waals surface area contributed by atoms with Gasteiger partial charge in [0.2, 0.25) is 0 Å². The van der Waals surface area contributed by atoms with Crippen molar-refractivity contribution < 1.29 is 9.53 Å². The summed E-state index contributed by atoms with van der Waals surface area (Å²) in [7, 11) is 0. The van der Waals surface area contributed by atoms with Crippen LogP contribution in [0.4, 0.5) is 4.79 Å². The van der Waals surface area contributed by atoms with Gasteiger partial charge >= 0.3 is 6.09 Å². The van der Waals surface area contributed by atoms with Gasteiger partial charge in [-0.3, -0.25) is 0 Å². The van der Waals surface area contributed by atoms with Crippen LogP contribution in [-0.4, -0.2) is 29.2 Å². The zero-order chi connectivity index (χ0) is 10.2. The number of hydrogen-bond acceptors (Lipinski definition) is 2. The van der Waals surface area contributed by atoms with E-state index in [2.05, 4.69) is 13.8 Å². The fraction of sp³-hybridized carbons (Fsp3) is 0.900. The lowest BCUT2D eigenvalue weighted by atomic mass is 9.92. The van der Waals surface area contributed by atoms with Crippen molar-refractivity contribution in [2.24, 2.45) is 5.92 Å². The fourth-order valence-electron chi connectivity index (χ4n) is 1.39. The van der Waals surface area contributed by atoms with Gasteiger partial charge in [0.05, 0.1) is 6.54 Å². The Morgan fingerprint density at radius 2 is 1.92 bits per heavy atom. The van der Waals surface area contributed by atoms with Crippen molar-refractivity contribution in [3.63, 3.8) is 0 Å². The van der Waals surface area contributed by atoms with Gasteiger partial charge in [0.1, 0.15) is 5.60 Å². The number of carbonyl (C=O) groups excluding carboxylic acids is 1. The van der Waals surface area contributed by atoms with Crippen LogP contribution in [0.25, 0.3) is 0 Å². The van der Waals surface area contributed by atoms with Crippen LogP contribution in [0, 0.1) is 5.92 Å². The quantitative estimate of drug-likeness (QED) is 0.660. The van der Waals surface area contributed by atoms with Crippen LogP contribution in [0.5, 0.6) is 0 Å². The summed E-state index contributed by atoms with van der Waals surface area (Å²) in [6.45, 7) is 10.9. The number of nitrogens with zero attached hydrogens (tertiary/aromatic N) is 1. The van der Waals surface area contributed by atoms with Gasteiger partial charge in [0.25, 0.3) is 0 Å². The molecule has 0 saturated carbocycles. The second-order valence-electron chi connectivity index (χ2n) is 4.56. The first kappa shape index (κ1) is 10.4. The summed E-state index contributed by atoms with van der Waals surface area (Å²) in [5.41, 5.74) is -0.304.